The largest absolute Gasteiger partial charge is 0.504 e. The van der Waals surface area contributed by atoms with Gasteiger partial charge in [-0.2, -0.15) is 0 Å². The van der Waals surface area contributed by atoms with Gasteiger partial charge in [-0.05, 0) is 31.0 Å². The monoisotopic (exact) mass is 241 g/mol. The van der Waals surface area contributed by atoms with Crippen molar-refractivity contribution in [3.63, 3.8) is 0 Å². The molecule has 0 saturated carbocycles. The number of hydrogen-bond donors (Lipinski definition) is 2. The number of aromatic hydroxyl groups is 1. The number of hydrogen-bond acceptors (Lipinski definition) is 3. The Bertz CT molecular complexity index is 376. The first-order valence-electron chi connectivity index (χ1n) is 5.52. The summed E-state index contributed by atoms with van der Waals surface area (Å²) in [6, 6.07) is 3.64. The highest BCUT2D eigenvalue weighted by atomic mass is 35.5. The summed E-state index contributed by atoms with van der Waals surface area (Å²) in [5, 5.41) is 13.6. The molecule has 0 radical (unpaired) electrons. The SMILES string of the molecule is COc1cc(C2CCCCN2)c(Cl)cc1O. The molecule has 1 heterocycles. The lowest BCUT2D eigenvalue weighted by atomic mass is 9.97. The summed E-state index contributed by atoms with van der Waals surface area (Å²) in [5.41, 5.74) is 1.01. The van der Waals surface area contributed by atoms with Gasteiger partial charge in [0.1, 0.15) is 0 Å². The minimum absolute atomic E-state index is 0.0899. The number of ether oxygens (including phenoxy) is 1. The quantitative estimate of drug-likeness (QED) is 0.837. The van der Waals surface area contributed by atoms with Crippen molar-refractivity contribution < 1.29 is 9.84 Å². The van der Waals surface area contributed by atoms with Crippen LogP contribution in [0.4, 0.5) is 0 Å². The molecule has 2 rings (SSSR count). The Labute approximate surface area is 100 Å². The molecule has 1 saturated heterocycles. The third-order valence-corrected chi connectivity index (χ3v) is 3.31. The average molecular weight is 242 g/mol. The van der Waals surface area contributed by atoms with Gasteiger partial charge >= 0.3 is 0 Å². The Morgan fingerprint density at radius 2 is 2.25 bits per heavy atom. The molecular formula is C12H16ClNO2. The van der Waals surface area contributed by atoms with Gasteiger partial charge in [-0.25, -0.2) is 0 Å². The average Bonchev–Trinajstić information content (AvgIpc) is 2.30. The van der Waals surface area contributed by atoms with Crippen LogP contribution in [0.25, 0.3) is 0 Å². The molecule has 3 nitrogen and oxygen atoms in total. The molecule has 1 aliphatic heterocycles. The highest BCUT2D eigenvalue weighted by Gasteiger charge is 2.19. The predicted molar refractivity (Wildman–Crippen MR) is 64.3 cm³/mol. The van der Waals surface area contributed by atoms with Crippen LogP contribution in [0.15, 0.2) is 12.1 Å². The Balaban J connectivity index is 2.31. The lowest BCUT2D eigenvalue weighted by molar-refractivity contribution is 0.369. The third-order valence-electron chi connectivity index (χ3n) is 2.98. The van der Waals surface area contributed by atoms with E-state index in [1.54, 1.807) is 13.2 Å². The highest BCUT2D eigenvalue weighted by molar-refractivity contribution is 6.31. The van der Waals surface area contributed by atoms with Gasteiger partial charge < -0.3 is 15.2 Å². The molecule has 0 bridgehead atoms. The van der Waals surface area contributed by atoms with Crippen LogP contribution in [-0.2, 0) is 0 Å². The van der Waals surface area contributed by atoms with Crippen LogP contribution in [0.2, 0.25) is 5.02 Å². The van der Waals surface area contributed by atoms with Crippen molar-refractivity contribution in [2.45, 2.75) is 25.3 Å². The van der Waals surface area contributed by atoms with Gasteiger partial charge in [0.25, 0.3) is 0 Å². The van der Waals surface area contributed by atoms with E-state index in [1.807, 2.05) is 6.07 Å². The number of phenols is 1. The van der Waals surface area contributed by atoms with E-state index in [4.69, 9.17) is 16.3 Å². The molecule has 88 valence electrons. The molecule has 0 aliphatic carbocycles. The summed E-state index contributed by atoms with van der Waals surface area (Å²) in [6.07, 6.45) is 3.49. The van der Waals surface area contributed by atoms with Crippen molar-refractivity contribution >= 4 is 11.6 Å². The van der Waals surface area contributed by atoms with E-state index in [-0.39, 0.29) is 11.8 Å². The molecule has 1 atom stereocenters. The molecule has 1 aliphatic rings. The maximum atomic E-state index is 9.58. The lowest BCUT2D eigenvalue weighted by Gasteiger charge is -2.25. The molecule has 2 N–H and O–H groups in total. The number of rotatable bonds is 2. The Morgan fingerprint density at radius 3 is 2.88 bits per heavy atom. The number of benzene rings is 1. The molecule has 0 spiro atoms. The maximum Gasteiger partial charge on any atom is 0.160 e. The van der Waals surface area contributed by atoms with Crippen molar-refractivity contribution in [1.29, 1.82) is 0 Å². The van der Waals surface area contributed by atoms with Crippen LogP contribution < -0.4 is 10.1 Å². The zero-order valence-electron chi connectivity index (χ0n) is 9.29. The second kappa shape index (κ2) is 4.93. The number of phenolic OH excluding ortho intramolecular Hbond substituents is 1. The summed E-state index contributed by atoms with van der Waals surface area (Å²) >= 11 is 6.14. The first-order chi connectivity index (χ1) is 7.72. The fraction of sp³-hybridized carbons (Fsp3) is 0.500. The first-order valence-corrected chi connectivity index (χ1v) is 5.90. The van der Waals surface area contributed by atoms with Gasteiger partial charge in [-0.3, -0.25) is 0 Å². The van der Waals surface area contributed by atoms with E-state index in [2.05, 4.69) is 5.32 Å². The molecule has 16 heavy (non-hydrogen) atoms. The fourth-order valence-electron chi connectivity index (χ4n) is 2.11. The number of methoxy groups -OCH3 is 1. The minimum Gasteiger partial charge on any atom is -0.504 e. The van der Waals surface area contributed by atoms with Crippen LogP contribution in [0, 0.1) is 0 Å². The first kappa shape index (κ1) is 11.6. The second-order valence-corrected chi connectivity index (χ2v) is 4.46. The van der Waals surface area contributed by atoms with E-state index in [0.29, 0.717) is 10.8 Å². The molecule has 4 heteroatoms. The molecular weight excluding hydrogens is 226 g/mol. The zero-order chi connectivity index (χ0) is 11.5. The van der Waals surface area contributed by atoms with Crippen LogP contribution >= 0.6 is 11.6 Å². The van der Waals surface area contributed by atoms with E-state index in [0.717, 1.165) is 18.5 Å². The molecule has 1 fully saturated rings. The van der Waals surface area contributed by atoms with Crippen molar-refractivity contribution in [2.24, 2.45) is 0 Å². The topological polar surface area (TPSA) is 41.5 Å². The van der Waals surface area contributed by atoms with Gasteiger partial charge in [0, 0.05) is 17.1 Å². The van der Waals surface area contributed by atoms with E-state index < -0.39 is 0 Å². The van der Waals surface area contributed by atoms with Crippen molar-refractivity contribution in [3.05, 3.63) is 22.7 Å². The van der Waals surface area contributed by atoms with E-state index in [1.165, 1.54) is 12.8 Å². The van der Waals surface area contributed by atoms with Gasteiger partial charge in [0.2, 0.25) is 0 Å². The highest BCUT2D eigenvalue weighted by Crippen LogP contribution is 2.37. The number of halogens is 1. The van der Waals surface area contributed by atoms with Gasteiger partial charge in [0.05, 0.1) is 7.11 Å². The van der Waals surface area contributed by atoms with Crippen LogP contribution in [0.3, 0.4) is 0 Å². The molecule has 1 unspecified atom stereocenters. The Kier molecular flexibility index (Phi) is 3.56. The zero-order valence-corrected chi connectivity index (χ0v) is 10.0. The lowest BCUT2D eigenvalue weighted by Crippen LogP contribution is -2.26. The normalized spacial score (nSPS) is 20.8. The predicted octanol–water partition coefficient (Wildman–Crippen LogP) is 2.87. The summed E-state index contributed by atoms with van der Waals surface area (Å²) in [7, 11) is 1.54. The van der Waals surface area contributed by atoms with E-state index in [9.17, 15) is 5.11 Å². The van der Waals surface area contributed by atoms with Crippen LogP contribution in [0.5, 0.6) is 11.5 Å². The van der Waals surface area contributed by atoms with Gasteiger partial charge in [0.15, 0.2) is 11.5 Å². The number of piperidine rings is 1. The molecule has 0 amide bonds. The molecule has 0 aromatic heterocycles. The maximum absolute atomic E-state index is 9.58. The Morgan fingerprint density at radius 1 is 1.44 bits per heavy atom. The van der Waals surface area contributed by atoms with Gasteiger partial charge in [-0.15, -0.1) is 0 Å². The molecule has 1 aromatic rings. The minimum atomic E-state index is 0.0899. The second-order valence-electron chi connectivity index (χ2n) is 4.05. The van der Waals surface area contributed by atoms with Crippen LogP contribution in [0.1, 0.15) is 30.9 Å². The van der Waals surface area contributed by atoms with Crippen molar-refractivity contribution in [3.8, 4) is 11.5 Å². The fourth-order valence-corrected chi connectivity index (χ4v) is 2.40. The summed E-state index contributed by atoms with van der Waals surface area (Å²) in [5.74, 6) is 0.568. The summed E-state index contributed by atoms with van der Waals surface area (Å²) in [6.45, 7) is 1.02. The van der Waals surface area contributed by atoms with E-state index >= 15 is 0 Å². The number of nitrogens with one attached hydrogen (secondary N) is 1. The van der Waals surface area contributed by atoms with Crippen LogP contribution in [-0.4, -0.2) is 18.8 Å². The standard InChI is InChI=1S/C12H16ClNO2/c1-16-12-6-8(9(13)7-11(12)15)10-4-2-3-5-14-10/h6-7,10,14-15H,2-5H2,1H3. The molecule has 1 aromatic carbocycles. The van der Waals surface area contributed by atoms with Crippen molar-refractivity contribution in [2.75, 3.05) is 13.7 Å². The summed E-state index contributed by atoms with van der Waals surface area (Å²) < 4.78 is 5.10. The van der Waals surface area contributed by atoms with Gasteiger partial charge in [-0.1, -0.05) is 18.0 Å². The van der Waals surface area contributed by atoms with Crippen molar-refractivity contribution in [1.82, 2.24) is 5.32 Å². The Hall–Kier alpha value is -0.930. The smallest absolute Gasteiger partial charge is 0.160 e. The summed E-state index contributed by atoms with van der Waals surface area (Å²) in [4.78, 5) is 0. The third kappa shape index (κ3) is 2.25.